The SMILES string of the molecule is CCN1C(=O)N(c2ccccc2)C2NC(=S)N(NC=O)C21. The molecule has 2 N–H and O–H groups in total. The predicted octanol–water partition coefficient (Wildman–Crippen LogP) is 0.452. The van der Waals surface area contributed by atoms with Gasteiger partial charge in [0.05, 0.1) is 0 Å². The van der Waals surface area contributed by atoms with Crippen LogP contribution in [0.15, 0.2) is 30.3 Å². The summed E-state index contributed by atoms with van der Waals surface area (Å²) in [7, 11) is 0. The maximum absolute atomic E-state index is 12.6. The molecule has 3 rings (SSSR count). The average molecular weight is 305 g/mol. The normalized spacial score (nSPS) is 24.1. The zero-order chi connectivity index (χ0) is 15.0. The second-order valence-corrected chi connectivity index (χ2v) is 5.09. The molecule has 0 aromatic heterocycles. The molecular formula is C13H15N5O2S. The second kappa shape index (κ2) is 5.21. The third-order valence-electron chi connectivity index (χ3n) is 3.65. The number of urea groups is 1. The van der Waals surface area contributed by atoms with Gasteiger partial charge in [0.1, 0.15) is 0 Å². The van der Waals surface area contributed by atoms with E-state index in [4.69, 9.17) is 12.2 Å². The quantitative estimate of drug-likeness (QED) is 0.624. The van der Waals surface area contributed by atoms with Crippen LogP contribution in [0.5, 0.6) is 0 Å². The van der Waals surface area contributed by atoms with Gasteiger partial charge in [-0.1, -0.05) is 18.2 Å². The number of benzene rings is 1. The van der Waals surface area contributed by atoms with E-state index in [1.165, 1.54) is 5.01 Å². The molecule has 1 aromatic carbocycles. The van der Waals surface area contributed by atoms with Gasteiger partial charge in [-0.15, -0.1) is 0 Å². The number of hydrogen-bond donors (Lipinski definition) is 2. The van der Waals surface area contributed by atoms with Gasteiger partial charge in [-0.25, -0.2) is 9.80 Å². The highest BCUT2D eigenvalue weighted by molar-refractivity contribution is 7.80. The van der Waals surface area contributed by atoms with Crippen LogP contribution in [0.1, 0.15) is 6.92 Å². The number of anilines is 1. The summed E-state index contributed by atoms with van der Waals surface area (Å²) in [5.74, 6) is 0. The van der Waals surface area contributed by atoms with E-state index in [0.717, 1.165) is 5.69 Å². The first kappa shape index (κ1) is 13.6. The average Bonchev–Trinajstić information content (AvgIpc) is 2.93. The molecule has 8 heteroatoms. The molecule has 21 heavy (non-hydrogen) atoms. The Bertz CT molecular complexity index is 581. The van der Waals surface area contributed by atoms with E-state index in [1.807, 2.05) is 37.3 Å². The van der Waals surface area contributed by atoms with Crippen molar-refractivity contribution in [2.24, 2.45) is 0 Å². The number of thiocarbonyl (C=S) groups is 1. The molecule has 2 unspecified atom stereocenters. The van der Waals surface area contributed by atoms with Crippen LogP contribution in [0.25, 0.3) is 0 Å². The lowest BCUT2D eigenvalue weighted by Crippen LogP contribution is -2.52. The summed E-state index contributed by atoms with van der Waals surface area (Å²) in [5.41, 5.74) is 3.34. The van der Waals surface area contributed by atoms with Crippen LogP contribution >= 0.6 is 12.2 Å². The Labute approximate surface area is 127 Å². The van der Waals surface area contributed by atoms with Crippen LogP contribution < -0.4 is 15.6 Å². The van der Waals surface area contributed by atoms with Crippen LogP contribution in [0.3, 0.4) is 0 Å². The van der Waals surface area contributed by atoms with Crippen molar-refractivity contribution < 1.29 is 9.59 Å². The summed E-state index contributed by atoms with van der Waals surface area (Å²) in [6.45, 7) is 2.41. The molecule has 0 bridgehead atoms. The highest BCUT2D eigenvalue weighted by atomic mass is 32.1. The number of hydrogen-bond acceptors (Lipinski definition) is 3. The molecule has 0 radical (unpaired) electrons. The number of nitrogens with zero attached hydrogens (tertiary/aromatic N) is 3. The predicted molar refractivity (Wildman–Crippen MR) is 81.0 cm³/mol. The summed E-state index contributed by atoms with van der Waals surface area (Å²) < 4.78 is 0. The number of carbonyl (C=O) groups is 2. The topological polar surface area (TPSA) is 67.9 Å². The molecule has 2 heterocycles. The van der Waals surface area contributed by atoms with Gasteiger partial charge in [-0.2, -0.15) is 0 Å². The molecule has 110 valence electrons. The number of hydrazine groups is 1. The number of rotatable bonds is 4. The van der Waals surface area contributed by atoms with Crippen molar-refractivity contribution in [1.29, 1.82) is 0 Å². The molecule has 0 spiro atoms. The monoisotopic (exact) mass is 305 g/mol. The van der Waals surface area contributed by atoms with Crippen molar-refractivity contribution in [1.82, 2.24) is 20.7 Å². The van der Waals surface area contributed by atoms with Crippen LogP contribution in [0.4, 0.5) is 10.5 Å². The maximum atomic E-state index is 12.6. The second-order valence-electron chi connectivity index (χ2n) is 4.70. The van der Waals surface area contributed by atoms with E-state index in [9.17, 15) is 9.59 Å². The third kappa shape index (κ3) is 1.99. The van der Waals surface area contributed by atoms with E-state index in [-0.39, 0.29) is 18.4 Å². The first-order valence-corrected chi connectivity index (χ1v) is 7.04. The molecule has 2 aliphatic rings. The Morgan fingerprint density at radius 2 is 2.10 bits per heavy atom. The number of nitrogens with one attached hydrogen (secondary N) is 2. The van der Waals surface area contributed by atoms with Crippen molar-refractivity contribution in [3.8, 4) is 0 Å². The fourth-order valence-corrected chi connectivity index (χ4v) is 3.07. The van der Waals surface area contributed by atoms with Crippen molar-refractivity contribution in [2.75, 3.05) is 11.4 Å². The number of carbonyl (C=O) groups excluding carboxylic acids is 2. The van der Waals surface area contributed by atoms with Crippen molar-refractivity contribution >= 4 is 35.5 Å². The van der Waals surface area contributed by atoms with Crippen LogP contribution in [-0.2, 0) is 4.79 Å². The number of amides is 3. The van der Waals surface area contributed by atoms with Gasteiger partial charge in [0.2, 0.25) is 6.41 Å². The van der Waals surface area contributed by atoms with E-state index in [2.05, 4.69) is 10.7 Å². The highest BCUT2D eigenvalue weighted by Gasteiger charge is 2.54. The standard InChI is InChI=1S/C13H15N5O2S/c1-2-16-11-10(15-12(21)18(11)14-8-19)17(13(16)20)9-6-4-3-5-7-9/h3-8,10-11H,2H2,1H3,(H,14,19)(H,15,21). The summed E-state index contributed by atoms with van der Waals surface area (Å²) >= 11 is 5.23. The third-order valence-corrected chi connectivity index (χ3v) is 3.97. The summed E-state index contributed by atoms with van der Waals surface area (Å²) in [6.07, 6.45) is -0.139. The molecular weight excluding hydrogens is 290 g/mol. The first-order valence-electron chi connectivity index (χ1n) is 6.63. The van der Waals surface area contributed by atoms with E-state index in [1.54, 1.807) is 9.80 Å². The molecule has 1 aromatic rings. The summed E-state index contributed by atoms with van der Waals surface area (Å²) in [5, 5.41) is 5.00. The fourth-order valence-electron chi connectivity index (χ4n) is 2.78. The van der Waals surface area contributed by atoms with Gasteiger partial charge in [-0.05, 0) is 31.3 Å². The Morgan fingerprint density at radius 1 is 1.38 bits per heavy atom. The molecule has 2 aliphatic heterocycles. The van der Waals surface area contributed by atoms with Gasteiger partial charge >= 0.3 is 6.03 Å². The number of para-hydroxylation sites is 1. The largest absolute Gasteiger partial charge is 0.337 e. The van der Waals surface area contributed by atoms with Gasteiger partial charge in [0.15, 0.2) is 17.4 Å². The summed E-state index contributed by atoms with van der Waals surface area (Å²) in [4.78, 5) is 26.7. The summed E-state index contributed by atoms with van der Waals surface area (Å²) in [6, 6.07) is 9.27. The Hall–Kier alpha value is -2.35. The zero-order valence-electron chi connectivity index (χ0n) is 11.4. The fraction of sp³-hybridized carbons (Fsp3) is 0.308. The number of fused-ring (bicyclic) bond motifs is 1. The van der Waals surface area contributed by atoms with Crippen LogP contribution in [0, 0.1) is 0 Å². The lowest BCUT2D eigenvalue weighted by molar-refractivity contribution is -0.113. The minimum absolute atomic E-state index is 0.119. The van der Waals surface area contributed by atoms with E-state index in [0.29, 0.717) is 18.1 Å². The Balaban J connectivity index is 2.00. The molecule has 2 fully saturated rings. The van der Waals surface area contributed by atoms with Crippen molar-refractivity contribution in [3.63, 3.8) is 0 Å². The van der Waals surface area contributed by atoms with Crippen molar-refractivity contribution in [2.45, 2.75) is 19.3 Å². The molecule has 7 nitrogen and oxygen atoms in total. The van der Waals surface area contributed by atoms with Crippen molar-refractivity contribution in [3.05, 3.63) is 30.3 Å². The number of likely N-dealkylation sites (N-methyl/N-ethyl adjacent to an activating group) is 1. The van der Waals surface area contributed by atoms with Crippen LogP contribution in [-0.4, -0.2) is 46.3 Å². The highest BCUT2D eigenvalue weighted by Crippen LogP contribution is 2.32. The molecule has 0 saturated carbocycles. The minimum atomic E-state index is -0.361. The minimum Gasteiger partial charge on any atom is -0.337 e. The maximum Gasteiger partial charge on any atom is 0.328 e. The lowest BCUT2D eigenvalue weighted by atomic mass is 10.3. The lowest BCUT2D eigenvalue weighted by Gasteiger charge is -2.28. The molecule has 2 saturated heterocycles. The molecule has 2 atom stereocenters. The first-order chi connectivity index (χ1) is 10.2. The van der Waals surface area contributed by atoms with Gasteiger partial charge in [0.25, 0.3) is 0 Å². The van der Waals surface area contributed by atoms with E-state index < -0.39 is 0 Å². The Kier molecular flexibility index (Phi) is 3.38. The van der Waals surface area contributed by atoms with Gasteiger partial charge in [-0.3, -0.25) is 20.0 Å². The molecule has 0 aliphatic carbocycles. The van der Waals surface area contributed by atoms with Gasteiger partial charge in [0, 0.05) is 12.2 Å². The zero-order valence-corrected chi connectivity index (χ0v) is 12.2. The molecule has 3 amide bonds. The van der Waals surface area contributed by atoms with Gasteiger partial charge < -0.3 is 5.32 Å². The van der Waals surface area contributed by atoms with E-state index >= 15 is 0 Å². The Morgan fingerprint density at radius 3 is 2.71 bits per heavy atom. The van der Waals surface area contributed by atoms with Crippen LogP contribution in [0.2, 0.25) is 0 Å². The smallest absolute Gasteiger partial charge is 0.328 e.